The van der Waals surface area contributed by atoms with Crippen LogP contribution in [0.25, 0.3) is 11.3 Å². The largest absolute Gasteiger partial charge is 0.494 e. The van der Waals surface area contributed by atoms with Gasteiger partial charge in [-0.25, -0.2) is 16.8 Å². The standard InChI is InChI=1S/C22H25N3O6S2/c1-4-30-18-10-12-21(20(15-18)31-5-2)33(28,29)25-17-9-7-8-16(14-17)19-11-13-22(24-23-19)32(26,27)6-3/h7-15,25H,4-6H2,1-3H3. The van der Waals surface area contributed by atoms with Crippen LogP contribution in [-0.4, -0.2) is 46.0 Å². The Morgan fingerprint density at radius 1 is 0.848 bits per heavy atom. The Hall–Kier alpha value is -3.18. The smallest absolute Gasteiger partial charge is 0.265 e. The third-order valence-corrected chi connectivity index (χ3v) is 7.60. The molecule has 0 amide bonds. The maximum absolute atomic E-state index is 13.1. The second kappa shape index (κ2) is 10.2. The van der Waals surface area contributed by atoms with Crippen molar-refractivity contribution in [3.8, 4) is 22.8 Å². The monoisotopic (exact) mass is 491 g/mol. The zero-order valence-electron chi connectivity index (χ0n) is 18.5. The number of sulfone groups is 1. The molecule has 33 heavy (non-hydrogen) atoms. The van der Waals surface area contributed by atoms with E-state index in [0.717, 1.165) is 0 Å². The van der Waals surface area contributed by atoms with E-state index in [4.69, 9.17) is 9.47 Å². The molecule has 176 valence electrons. The first-order valence-electron chi connectivity index (χ1n) is 10.3. The predicted octanol–water partition coefficient (Wildman–Crippen LogP) is 3.54. The fraction of sp³-hybridized carbons (Fsp3) is 0.273. The molecule has 1 heterocycles. The summed E-state index contributed by atoms with van der Waals surface area (Å²) in [6.07, 6.45) is 0. The Morgan fingerprint density at radius 3 is 2.24 bits per heavy atom. The van der Waals surface area contributed by atoms with E-state index in [2.05, 4.69) is 14.9 Å². The first-order chi connectivity index (χ1) is 15.7. The SMILES string of the molecule is CCOc1ccc(S(=O)(=O)Nc2cccc(-c3ccc(S(=O)(=O)CC)nn3)c2)c(OCC)c1. The van der Waals surface area contributed by atoms with Crippen LogP contribution in [0.15, 0.2) is 64.5 Å². The summed E-state index contributed by atoms with van der Waals surface area (Å²) in [6, 6.07) is 14.0. The van der Waals surface area contributed by atoms with Gasteiger partial charge in [-0.1, -0.05) is 19.1 Å². The second-order valence-corrected chi connectivity index (χ2v) is 10.7. The van der Waals surface area contributed by atoms with Gasteiger partial charge in [0.25, 0.3) is 10.0 Å². The first kappa shape index (κ1) is 24.5. The molecule has 1 N–H and O–H groups in total. The van der Waals surface area contributed by atoms with Crippen LogP contribution in [0.5, 0.6) is 11.5 Å². The summed E-state index contributed by atoms with van der Waals surface area (Å²) in [5, 5.41) is 7.68. The van der Waals surface area contributed by atoms with Gasteiger partial charge in [-0.2, -0.15) is 0 Å². The van der Waals surface area contributed by atoms with E-state index >= 15 is 0 Å². The summed E-state index contributed by atoms with van der Waals surface area (Å²) in [6.45, 7) is 5.85. The molecular formula is C22H25N3O6S2. The summed E-state index contributed by atoms with van der Waals surface area (Å²) in [4.78, 5) is -0.0212. The summed E-state index contributed by atoms with van der Waals surface area (Å²) in [5.41, 5.74) is 1.28. The normalized spacial score (nSPS) is 11.7. The summed E-state index contributed by atoms with van der Waals surface area (Å²) in [7, 11) is -7.43. The number of hydrogen-bond acceptors (Lipinski definition) is 8. The van der Waals surface area contributed by atoms with E-state index in [1.807, 2.05) is 6.92 Å². The van der Waals surface area contributed by atoms with Crippen molar-refractivity contribution >= 4 is 25.5 Å². The topological polar surface area (TPSA) is 125 Å². The highest BCUT2D eigenvalue weighted by molar-refractivity contribution is 7.92. The van der Waals surface area contributed by atoms with Crippen LogP contribution >= 0.6 is 0 Å². The molecule has 3 aromatic rings. The minimum Gasteiger partial charge on any atom is -0.494 e. The number of sulfonamides is 1. The first-order valence-corrected chi connectivity index (χ1v) is 13.4. The highest BCUT2D eigenvalue weighted by Gasteiger charge is 2.21. The van der Waals surface area contributed by atoms with E-state index in [-0.39, 0.29) is 28.0 Å². The fourth-order valence-corrected chi connectivity index (χ4v) is 4.89. The number of benzene rings is 2. The number of nitrogens with one attached hydrogen (secondary N) is 1. The zero-order chi connectivity index (χ0) is 24.1. The van der Waals surface area contributed by atoms with Gasteiger partial charge in [0.1, 0.15) is 16.4 Å². The van der Waals surface area contributed by atoms with Crippen LogP contribution < -0.4 is 14.2 Å². The molecule has 1 aromatic heterocycles. The fourth-order valence-electron chi connectivity index (χ4n) is 2.98. The Labute approximate surface area is 193 Å². The molecular weight excluding hydrogens is 466 g/mol. The van der Waals surface area contributed by atoms with E-state index in [0.29, 0.717) is 29.3 Å². The number of anilines is 1. The number of ether oxygens (including phenoxy) is 2. The van der Waals surface area contributed by atoms with Crippen molar-refractivity contribution in [1.82, 2.24) is 10.2 Å². The third kappa shape index (κ3) is 5.79. The molecule has 0 aliphatic rings. The maximum atomic E-state index is 13.1. The molecule has 0 aliphatic carbocycles. The van der Waals surface area contributed by atoms with Crippen molar-refractivity contribution in [2.24, 2.45) is 0 Å². The van der Waals surface area contributed by atoms with Gasteiger partial charge in [0, 0.05) is 17.3 Å². The number of aromatic nitrogens is 2. The Morgan fingerprint density at radius 2 is 1.61 bits per heavy atom. The van der Waals surface area contributed by atoms with E-state index in [9.17, 15) is 16.8 Å². The van der Waals surface area contributed by atoms with Gasteiger partial charge in [-0.05, 0) is 50.2 Å². The quantitative estimate of drug-likeness (QED) is 0.457. The van der Waals surface area contributed by atoms with E-state index in [1.54, 1.807) is 43.3 Å². The van der Waals surface area contributed by atoms with Crippen LogP contribution in [0.4, 0.5) is 5.69 Å². The van der Waals surface area contributed by atoms with Crippen molar-refractivity contribution < 1.29 is 26.3 Å². The summed E-state index contributed by atoms with van der Waals surface area (Å²) >= 11 is 0. The van der Waals surface area contributed by atoms with Crippen LogP contribution in [-0.2, 0) is 19.9 Å². The molecule has 0 fully saturated rings. The molecule has 0 spiro atoms. The lowest BCUT2D eigenvalue weighted by Crippen LogP contribution is -2.14. The lowest BCUT2D eigenvalue weighted by atomic mass is 10.1. The zero-order valence-corrected chi connectivity index (χ0v) is 20.1. The summed E-state index contributed by atoms with van der Waals surface area (Å²) in [5.74, 6) is 0.618. The minimum absolute atomic E-state index is 0.0212. The van der Waals surface area contributed by atoms with E-state index in [1.165, 1.54) is 25.1 Å². The molecule has 0 unspecified atom stereocenters. The van der Waals surface area contributed by atoms with Gasteiger partial charge < -0.3 is 9.47 Å². The van der Waals surface area contributed by atoms with Crippen LogP contribution in [0, 0.1) is 0 Å². The Bertz CT molecular complexity index is 1320. The molecule has 0 bridgehead atoms. The molecule has 0 atom stereocenters. The van der Waals surface area contributed by atoms with Crippen molar-refractivity contribution in [3.63, 3.8) is 0 Å². The molecule has 0 aliphatic heterocycles. The van der Waals surface area contributed by atoms with Crippen molar-refractivity contribution in [3.05, 3.63) is 54.6 Å². The maximum Gasteiger partial charge on any atom is 0.265 e. The van der Waals surface area contributed by atoms with Crippen molar-refractivity contribution in [2.45, 2.75) is 30.7 Å². The van der Waals surface area contributed by atoms with Gasteiger partial charge >= 0.3 is 0 Å². The average molecular weight is 492 g/mol. The molecule has 11 heteroatoms. The molecule has 3 rings (SSSR count). The summed E-state index contributed by atoms with van der Waals surface area (Å²) < 4.78 is 63.5. The number of rotatable bonds is 10. The molecule has 2 aromatic carbocycles. The van der Waals surface area contributed by atoms with Gasteiger partial charge in [-0.3, -0.25) is 4.72 Å². The average Bonchev–Trinajstić information content (AvgIpc) is 2.79. The number of hydrogen-bond donors (Lipinski definition) is 1. The van der Waals surface area contributed by atoms with E-state index < -0.39 is 19.9 Å². The second-order valence-electron chi connectivity index (χ2n) is 6.82. The highest BCUT2D eigenvalue weighted by Crippen LogP contribution is 2.31. The molecule has 0 radical (unpaired) electrons. The molecule has 9 nitrogen and oxygen atoms in total. The van der Waals surface area contributed by atoms with Crippen LogP contribution in [0.1, 0.15) is 20.8 Å². The Kier molecular flexibility index (Phi) is 7.54. The van der Waals surface area contributed by atoms with Gasteiger partial charge in [0.2, 0.25) is 0 Å². The number of nitrogens with zero attached hydrogens (tertiary/aromatic N) is 2. The van der Waals surface area contributed by atoms with Crippen LogP contribution in [0.3, 0.4) is 0 Å². The van der Waals surface area contributed by atoms with Gasteiger partial charge in [0.15, 0.2) is 14.9 Å². The molecule has 0 saturated heterocycles. The third-order valence-electron chi connectivity index (χ3n) is 4.56. The lowest BCUT2D eigenvalue weighted by Gasteiger charge is -2.14. The predicted molar refractivity (Wildman–Crippen MR) is 125 cm³/mol. The molecule has 0 saturated carbocycles. The van der Waals surface area contributed by atoms with Crippen LogP contribution in [0.2, 0.25) is 0 Å². The van der Waals surface area contributed by atoms with Crippen molar-refractivity contribution in [2.75, 3.05) is 23.7 Å². The van der Waals surface area contributed by atoms with Gasteiger partial charge in [0.05, 0.1) is 24.7 Å². The minimum atomic E-state index is -3.97. The highest BCUT2D eigenvalue weighted by atomic mass is 32.2. The Balaban J connectivity index is 1.90. The van der Waals surface area contributed by atoms with Crippen molar-refractivity contribution in [1.29, 1.82) is 0 Å². The lowest BCUT2D eigenvalue weighted by molar-refractivity contribution is 0.317. The van der Waals surface area contributed by atoms with Gasteiger partial charge in [-0.15, -0.1) is 10.2 Å².